The van der Waals surface area contributed by atoms with Crippen molar-refractivity contribution in [2.24, 2.45) is 0 Å². The lowest BCUT2D eigenvalue weighted by Gasteiger charge is -2.13. The Hall–Kier alpha value is -0.380. The molecule has 0 aromatic heterocycles. The summed E-state index contributed by atoms with van der Waals surface area (Å²) in [5.41, 5.74) is 0. The Kier molecular flexibility index (Phi) is 5.83. The second-order valence-electron chi connectivity index (χ2n) is 3.67. The van der Waals surface area contributed by atoms with Crippen LogP contribution in [0.4, 0.5) is 0 Å². The first-order chi connectivity index (χ1) is 6.86. The van der Waals surface area contributed by atoms with Crippen LogP contribution >= 0.6 is 0 Å². The Balaban J connectivity index is 2.01. The van der Waals surface area contributed by atoms with E-state index in [1.807, 2.05) is 13.1 Å². The van der Waals surface area contributed by atoms with Crippen LogP contribution in [0.5, 0.6) is 0 Å². The third-order valence-corrected chi connectivity index (χ3v) is 2.40. The van der Waals surface area contributed by atoms with Gasteiger partial charge in [-0.15, -0.1) is 6.58 Å². The molecule has 1 aliphatic heterocycles. The predicted octanol–water partition coefficient (Wildman–Crippen LogP) is 1.35. The SMILES string of the molecule is C=CCCOCC1CCC(CNC)O1. The van der Waals surface area contributed by atoms with Crippen molar-refractivity contribution >= 4 is 0 Å². The molecule has 0 aromatic rings. The molecule has 1 saturated heterocycles. The van der Waals surface area contributed by atoms with Crippen molar-refractivity contribution in [3.05, 3.63) is 12.7 Å². The molecule has 0 saturated carbocycles. The Morgan fingerprint density at radius 3 is 3.00 bits per heavy atom. The van der Waals surface area contributed by atoms with Gasteiger partial charge in [0, 0.05) is 6.54 Å². The largest absolute Gasteiger partial charge is 0.378 e. The van der Waals surface area contributed by atoms with E-state index in [4.69, 9.17) is 9.47 Å². The van der Waals surface area contributed by atoms with Gasteiger partial charge in [0.1, 0.15) is 0 Å². The maximum Gasteiger partial charge on any atom is 0.0813 e. The second kappa shape index (κ2) is 6.98. The van der Waals surface area contributed by atoms with Crippen LogP contribution in [0.1, 0.15) is 19.3 Å². The van der Waals surface area contributed by atoms with Crippen LogP contribution in [0, 0.1) is 0 Å². The number of rotatable bonds is 7. The molecule has 1 aliphatic rings. The van der Waals surface area contributed by atoms with Crippen molar-refractivity contribution in [1.29, 1.82) is 0 Å². The molecule has 1 heterocycles. The minimum absolute atomic E-state index is 0.304. The van der Waals surface area contributed by atoms with Crippen molar-refractivity contribution in [3.63, 3.8) is 0 Å². The van der Waals surface area contributed by atoms with Gasteiger partial charge in [-0.05, 0) is 26.3 Å². The van der Waals surface area contributed by atoms with Gasteiger partial charge in [0.25, 0.3) is 0 Å². The topological polar surface area (TPSA) is 30.5 Å². The van der Waals surface area contributed by atoms with E-state index < -0.39 is 0 Å². The quantitative estimate of drug-likeness (QED) is 0.496. The van der Waals surface area contributed by atoms with Gasteiger partial charge in [0.2, 0.25) is 0 Å². The average molecular weight is 199 g/mol. The summed E-state index contributed by atoms with van der Waals surface area (Å²) in [5.74, 6) is 0. The molecule has 1 N–H and O–H groups in total. The predicted molar refractivity (Wildman–Crippen MR) is 57.5 cm³/mol. The number of likely N-dealkylation sites (N-methyl/N-ethyl adjacent to an activating group) is 1. The first-order valence-corrected chi connectivity index (χ1v) is 5.35. The molecule has 3 nitrogen and oxygen atoms in total. The van der Waals surface area contributed by atoms with E-state index in [1.165, 1.54) is 0 Å². The maximum absolute atomic E-state index is 5.77. The minimum Gasteiger partial charge on any atom is -0.378 e. The molecule has 2 unspecified atom stereocenters. The van der Waals surface area contributed by atoms with E-state index in [-0.39, 0.29) is 0 Å². The van der Waals surface area contributed by atoms with Crippen molar-refractivity contribution in [1.82, 2.24) is 5.32 Å². The van der Waals surface area contributed by atoms with E-state index in [1.54, 1.807) is 0 Å². The van der Waals surface area contributed by atoms with Crippen LogP contribution in [-0.2, 0) is 9.47 Å². The highest BCUT2D eigenvalue weighted by molar-refractivity contribution is 4.74. The fourth-order valence-electron chi connectivity index (χ4n) is 1.66. The van der Waals surface area contributed by atoms with Gasteiger partial charge in [-0.25, -0.2) is 0 Å². The molecule has 0 bridgehead atoms. The summed E-state index contributed by atoms with van der Waals surface area (Å²) in [5, 5.41) is 3.13. The molecule has 0 radical (unpaired) electrons. The van der Waals surface area contributed by atoms with Gasteiger partial charge in [-0.2, -0.15) is 0 Å². The van der Waals surface area contributed by atoms with E-state index in [2.05, 4.69) is 11.9 Å². The zero-order valence-corrected chi connectivity index (χ0v) is 9.00. The smallest absolute Gasteiger partial charge is 0.0813 e. The average Bonchev–Trinajstić information content (AvgIpc) is 2.61. The molecular weight excluding hydrogens is 178 g/mol. The first kappa shape index (κ1) is 11.7. The molecule has 82 valence electrons. The zero-order valence-electron chi connectivity index (χ0n) is 9.00. The lowest BCUT2D eigenvalue weighted by Crippen LogP contribution is -2.25. The van der Waals surface area contributed by atoms with Crippen LogP contribution < -0.4 is 5.32 Å². The number of hydrogen-bond donors (Lipinski definition) is 1. The zero-order chi connectivity index (χ0) is 10.2. The molecule has 14 heavy (non-hydrogen) atoms. The molecule has 2 atom stereocenters. The molecule has 1 rings (SSSR count). The fourth-order valence-corrected chi connectivity index (χ4v) is 1.66. The van der Waals surface area contributed by atoms with Crippen molar-refractivity contribution < 1.29 is 9.47 Å². The van der Waals surface area contributed by atoms with Crippen molar-refractivity contribution in [2.75, 3.05) is 26.8 Å². The molecule has 0 aliphatic carbocycles. The maximum atomic E-state index is 5.77. The van der Waals surface area contributed by atoms with Gasteiger partial charge < -0.3 is 14.8 Å². The monoisotopic (exact) mass is 199 g/mol. The van der Waals surface area contributed by atoms with Gasteiger partial charge in [-0.3, -0.25) is 0 Å². The Morgan fingerprint density at radius 1 is 1.50 bits per heavy atom. The molecule has 0 aromatic carbocycles. The van der Waals surface area contributed by atoms with Crippen LogP contribution in [-0.4, -0.2) is 39.0 Å². The highest BCUT2D eigenvalue weighted by Crippen LogP contribution is 2.19. The third-order valence-electron chi connectivity index (χ3n) is 2.40. The first-order valence-electron chi connectivity index (χ1n) is 5.35. The Bertz CT molecular complexity index is 161. The van der Waals surface area contributed by atoms with Gasteiger partial charge in [-0.1, -0.05) is 6.08 Å². The second-order valence-corrected chi connectivity index (χ2v) is 3.67. The van der Waals surface area contributed by atoms with E-state index in [9.17, 15) is 0 Å². The summed E-state index contributed by atoms with van der Waals surface area (Å²) in [6.07, 6.45) is 5.76. The highest BCUT2D eigenvalue weighted by atomic mass is 16.5. The third kappa shape index (κ3) is 4.22. The van der Waals surface area contributed by atoms with Crippen molar-refractivity contribution in [3.8, 4) is 0 Å². The lowest BCUT2D eigenvalue weighted by molar-refractivity contribution is -0.0127. The minimum atomic E-state index is 0.304. The van der Waals surface area contributed by atoms with Gasteiger partial charge in [0.05, 0.1) is 25.4 Å². The lowest BCUT2D eigenvalue weighted by atomic mass is 10.2. The van der Waals surface area contributed by atoms with E-state index in [0.717, 1.165) is 39.0 Å². The normalized spacial score (nSPS) is 26.6. The molecule has 1 fully saturated rings. The summed E-state index contributed by atoms with van der Waals surface area (Å²) >= 11 is 0. The van der Waals surface area contributed by atoms with Crippen LogP contribution in [0.2, 0.25) is 0 Å². The Morgan fingerprint density at radius 2 is 2.29 bits per heavy atom. The number of ether oxygens (including phenoxy) is 2. The number of nitrogens with one attached hydrogen (secondary N) is 1. The standard InChI is InChI=1S/C11H21NO2/c1-3-4-7-13-9-11-6-5-10(14-11)8-12-2/h3,10-12H,1,4-9H2,2H3. The fraction of sp³-hybridized carbons (Fsp3) is 0.818. The van der Waals surface area contributed by atoms with E-state index >= 15 is 0 Å². The molecule has 3 heteroatoms. The van der Waals surface area contributed by atoms with Crippen LogP contribution in [0.15, 0.2) is 12.7 Å². The van der Waals surface area contributed by atoms with Crippen LogP contribution in [0.3, 0.4) is 0 Å². The molecule has 0 spiro atoms. The molecule has 0 amide bonds. The highest BCUT2D eigenvalue weighted by Gasteiger charge is 2.24. The summed E-state index contributed by atoms with van der Waals surface area (Å²) in [7, 11) is 1.96. The Labute approximate surface area is 86.5 Å². The summed E-state index contributed by atoms with van der Waals surface area (Å²) in [4.78, 5) is 0. The van der Waals surface area contributed by atoms with Crippen molar-refractivity contribution in [2.45, 2.75) is 31.5 Å². The van der Waals surface area contributed by atoms with Crippen LogP contribution in [0.25, 0.3) is 0 Å². The van der Waals surface area contributed by atoms with E-state index in [0.29, 0.717) is 12.2 Å². The summed E-state index contributed by atoms with van der Waals surface area (Å²) in [6, 6.07) is 0. The molecular formula is C11H21NO2. The number of hydrogen-bond acceptors (Lipinski definition) is 3. The summed E-state index contributed by atoms with van der Waals surface area (Å²) < 4.78 is 11.2. The van der Waals surface area contributed by atoms with Gasteiger partial charge >= 0.3 is 0 Å². The van der Waals surface area contributed by atoms with Gasteiger partial charge in [0.15, 0.2) is 0 Å². The summed E-state index contributed by atoms with van der Waals surface area (Å²) in [6.45, 7) is 6.09.